The van der Waals surface area contributed by atoms with E-state index < -0.39 is 6.10 Å². The maximum absolute atomic E-state index is 13.1. The van der Waals surface area contributed by atoms with Gasteiger partial charge in [0.05, 0.1) is 14.2 Å². The van der Waals surface area contributed by atoms with E-state index in [4.69, 9.17) is 14.2 Å². The van der Waals surface area contributed by atoms with Crippen molar-refractivity contribution in [3.8, 4) is 11.5 Å². The summed E-state index contributed by atoms with van der Waals surface area (Å²) in [5, 5.41) is 0. The van der Waals surface area contributed by atoms with Crippen LogP contribution in [-0.2, 0) is 26.2 Å². The minimum absolute atomic E-state index is 0.225. The Morgan fingerprint density at radius 1 is 1.32 bits per heavy atom. The Hall–Kier alpha value is -2.34. The molecule has 164 valence electrons. The van der Waals surface area contributed by atoms with Crippen molar-refractivity contribution in [1.29, 1.82) is 0 Å². The average Bonchev–Trinajstić information content (AvgIpc) is 3.53. The summed E-state index contributed by atoms with van der Waals surface area (Å²) in [5.41, 5.74) is 3.11. The number of nitrogens with zero attached hydrogens (tertiary/aromatic N) is 1. The monoisotopic (exact) mass is 423 g/mol. The summed E-state index contributed by atoms with van der Waals surface area (Å²) in [6.07, 6.45) is 9.00. The van der Waals surface area contributed by atoms with Crippen LogP contribution in [0.2, 0.25) is 0 Å². The number of hydrogen-bond donors (Lipinski definition) is 0. The molecule has 1 aromatic carbocycles. The fourth-order valence-electron chi connectivity index (χ4n) is 6.89. The molecular formula is C25H29NO5. The van der Waals surface area contributed by atoms with Crippen molar-refractivity contribution in [3.63, 3.8) is 0 Å². The molecule has 2 heterocycles. The van der Waals surface area contributed by atoms with Crippen molar-refractivity contribution in [3.05, 3.63) is 28.8 Å². The quantitative estimate of drug-likeness (QED) is 0.536. The fourth-order valence-corrected chi connectivity index (χ4v) is 6.89. The van der Waals surface area contributed by atoms with Gasteiger partial charge in [-0.3, -0.25) is 9.69 Å². The molecule has 0 N–H and O–H groups in total. The Morgan fingerprint density at radius 3 is 2.90 bits per heavy atom. The van der Waals surface area contributed by atoms with E-state index in [2.05, 4.69) is 4.90 Å². The number of Topliss-reactive ketones (excluding diaryl/α,β-unsaturated/α-hetero) is 1. The molecule has 4 atom stereocenters. The minimum atomic E-state index is -0.403. The second-order valence-electron chi connectivity index (χ2n) is 9.82. The molecule has 2 bridgehead atoms. The van der Waals surface area contributed by atoms with E-state index in [1.54, 1.807) is 7.11 Å². The number of hydrogen-bond acceptors (Lipinski definition) is 6. The lowest BCUT2D eigenvalue weighted by Crippen LogP contribution is -2.66. The molecule has 1 spiro atoms. The number of ether oxygens (including phenoxy) is 3. The molecule has 0 radical (unpaired) electrons. The summed E-state index contributed by atoms with van der Waals surface area (Å²) in [7, 11) is 3.02. The predicted molar refractivity (Wildman–Crippen MR) is 114 cm³/mol. The van der Waals surface area contributed by atoms with Crippen LogP contribution < -0.4 is 9.47 Å². The van der Waals surface area contributed by atoms with Gasteiger partial charge in [0.25, 0.3) is 0 Å². The molecule has 31 heavy (non-hydrogen) atoms. The van der Waals surface area contributed by atoms with Crippen molar-refractivity contribution < 1.29 is 23.8 Å². The van der Waals surface area contributed by atoms with Crippen molar-refractivity contribution in [2.24, 2.45) is 11.8 Å². The highest BCUT2D eigenvalue weighted by atomic mass is 16.5. The molecule has 0 aromatic heterocycles. The molecular weight excluding hydrogens is 394 g/mol. The average molecular weight is 424 g/mol. The third-order valence-corrected chi connectivity index (χ3v) is 8.38. The SMILES string of the molecule is COC(=O)/C=C/c1cc(OC)c2c3c1CC1C4CCC(=O)C(O2)[C@@]34CCN1CC1CC1. The number of likely N-dealkylation sites (tertiary alicyclic amines) is 1. The number of carbonyl (C=O) groups is 2. The normalized spacial score (nSPS) is 33.2. The first-order chi connectivity index (χ1) is 15.1. The zero-order valence-corrected chi connectivity index (χ0v) is 18.2. The first kappa shape index (κ1) is 19.4. The Morgan fingerprint density at radius 2 is 2.16 bits per heavy atom. The van der Waals surface area contributed by atoms with E-state index in [1.165, 1.54) is 43.7 Å². The van der Waals surface area contributed by atoms with E-state index in [-0.39, 0.29) is 17.2 Å². The summed E-state index contributed by atoms with van der Waals surface area (Å²) in [4.78, 5) is 27.6. The van der Waals surface area contributed by atoms with Crippen molar-refractivity contribution >= 4 is 17.8 Å². The van der Waals surface area contributed by atoms with Crippen LogP contribution in [0.25, 0.3) is 6.08 Å². The topological polar surface area (TPSA) is 65.1 Å². The molecule has 1 saturated heterocycles. The predicted octanol–water partition coefficient (Wildman–Crippen LogP) is 2.90. The van der Waals surface area contributed by atoms with Gasteiger partial charge in [-0.05, 0) is 73.8 Å². The number of carbonyl (C=O) groups excluding carboxylic acids is 2. The number of methoxy groups -OCH3 is 2. The molecule has 6 nitrogen and oxygen atoms in total. The lowest BCUT2D eigenvalue weighted by atomic mass is 9.51. The molecule has 6 rings (SSSR count). The third-order valence-electron chi connectivity index (χ3n) is 8.38. The summed E-state index contributed by atoms with van der Waals surface area (Å²) >= 11 is 0. The smallest absolute Gasteiger partial charge is 0.330 e. The summed E-state index contributed by atoms with van der Waals surface area (Å²) in [6, 6.07) is 2.37. The number of piperidine rings is 1. The van der Waals surface area contributed by atoms with Crippen LogP contribution in [-0.4, -0.2) is 56.1 Å². The molecule has 6 heteroatoms. The van der Waals surface area contributed by atoms with E-state index in [0.717, 1.165) is 43.0 Å². The summed E-state index contributed by atoms with van der Waals surface area (Å²) in [5.74, 6) is 2.52. The third kappa shape index (κ3) is 2.67. The van der Waals surface area contributed by atoms with Crippen LogP contribution in [0.15, 0.2) is 12.1 Å². The molecule has 3 unspecified atom stereocenters. The van der Waals surface area contributed by atoms with Gasteiger partial charge < -0.3 is 14.2 Å². The van der Waals surface area contributed by atoms with Crippen LogP contribution in [0.3, 0.4) is 0 Å². The highest BCUT2D eigenvalue weighted by molar-refractivity contribution is 5.91. The first-order valence-corrected chi connectivity index (χ1v) is 11.5. The van der Waals surface area contributed by atoms with Gasteiger partial charge in [-0.25, -0.2) is 4.79 Å². The van der Waals surface area contributed by atoms with Crippen molar-refractivity contribution in [2.75, 3.05) is 27.3 Å². The van der Waals surface area contributed by atoms with Crippen molar-refractivity contribution in [2.45, 2.75) is 56.1 Å². The Kier molecular flexibility index (Phi) is 4.26. The van der Waals surface area contributed by atoms with E-state index in [0.29, 0.717) is 24.1 Å². The first-order valence-electron chi connectivity index (χ1n) is 11.5. The zero-order valence-electron chi connectivity index (χ0n) is 18.2. The van der Waals surface area contributed by atoms with Gasteiger partial charge in [0.15, 0.2) is 23.4 Å². The summed E-state index contributed by atoms with van der Waals surface area (Å²) in [6.45, 7) is 2.19. The molecule has 5 aliphatic rings. The van der Waals surface area contributed by atoms with Gasteiger partial charge in [-0.1, -0.05) is 0 Å². The second kappa shape index (κ2) is 6.83. The van der Waals surface area contributed by atoms with Gasteiger partial charge in [0.2, 0.25) is 0 Å². The van der Waals surface area contributed by atoms with E-state index in [1.807, 2.05) is 12.1 Å². The van der Waals surface area contributed by atoms with Gasteiger partial charge in [-0.15, -0.1) is 0 Å². The van der Waals surface area contributed by atoms with Crippen LogP contribution in [0.1, 0.15) is 48.8 Å². The zero-order chi connectivity index (χ0) is 21.3. The lowest BCUT2D eigenvalue weighted by Gasteiger charge is -2.58. The molecule has 2 aliphatic heterocycles. The Labute approximate surface area is 182 Å². The molecule has 3 aliphatic carbocycles. The van der Waals surface area contributed by atoms with E-state index in [9.17, 15) is 9.59 Å². The molecule has 3 fully saturated rings. The van der Waals surface area contributed by atoms with Crippen LogP contribution >= 0.6 is 0 Å². The van der Waals surface area contributed by atoms with E-state index >= 15 is 0 Å². The summed E-state index contributed by atoms with van der Waals surface area (Å²) < 4.78 is 17.0. The van der Waals surface area contributed by atoms with Crippen LogP contribution in [0, 0.1) is 11.8 Å². The van der Waals surface area contributed by atoms with Gasteiger partial charge in [0.1, 0.15) is 0 Å². The van der Waals surface area contributed by atoms with Gasteiger partial charge >= 0.3 is 5.97 Å². The Bertz CT molecular complexity index is 996. The number of benzene rings is 1. The van der Waals surface area contributed by atoms with Gasteiger partial charge in [-0.2, -0.15) is 0 Å². The molecule has 0 amide bonds. The maximum atomic E-state index is 13.1. The molecule has 2 saturated carbocycles. The highest BCUT2D eigenvalue weighted by Crippen LogP contribution is 2.64. The lowest BCUT2D eigenvalue weighted by molar-refractivity contribution is -0.139. The van der Waals surface area contributed by atoms with Crippen LogP contribution in [0.4, 0.5) is 0 Å². The number of ketones is 1. The second-order valence-corrected chi connectivity index (χ2v) is 9.82. The number of rotatable bonds is 5. The maximum Gasteiger partial charge on any atom is 0.330 e. The fraction of sp³-hybridized carbons (Fsp3) is 0.600. The molecule has 1 aromatic rings. The Balaban J connectivity index is 1.53. The largest absolute Gasteiger partial charge is 0.493 e. The standard InChI is InChI=1S/C25H29NO5/c1-29-20-11-15(5-8-21(28)30-2)16-12-18-17-6-7-19(27)24-25(17,22(16)23(20)31-24)9-10-26(18)13-14-3-4-14/h5,8,11,14,17-18,24H,3-4,6-7,9-10,12-13H2,1-2H3/b8-5+/t17?,18?,24?,25-/m1/s1. The highest BCUT2D eigenvalue weighted by Gasteiger charge is 2.66. The minimum Gasteiger partial charge on any atom is -0.493 e. The van der Waals surface area contributed by atoms with Crippen LogP contribution in [0.5, 0.6) is 11.5 Å². The number of esters is 1. The van der Waals surface area contributed by atoms with Crippen molar-refractivity contribution in [1.82, 2.24) is 4.90 Å². The van der Waals surface area contributed by atoms with Gasteiger partial charge in [0, 0.05) is 36.1 Å².